The number of carbonyl (C=O) groups excluding carboxylic acids is 2. The third-order valence-electron chi connectivity index (χ3n) is 3.47. The highest BCUT2D eigenvalue weighted by atomic mass is 35.5. The van der Waals surface area contributed by atoms with Gasteiger partial charge < -0.3 is 9.72 Å². The Balaban J connectivity index is 1.81. The van der Waals surface area contributed by atoms with Crippen molar-refractivity contribution in [3.8, 4) is 0 Å². The third kappa shape index (κ3) is 2.58. The number of hydrogen-bond donors (Lipinski definition) is 1. The van der Waals surface area contributed by atoms with E-state index in [1.807, 2.05) is 6.92 Å². The first-order valence-electron chi connectivity index (χ1n) is 6.83. The smallest absolute Gasteiger partial charge is 0.325 e. The summed E-state index contributed by atoms with van der Waals surface area (Å²) < 4.78 is 1.78. The number of amides is 3. The van der Waals surface area contributed by atoms with Crippen molar-refractivity contribution < 1.29 is 9.59 Å². The van der Waals surface area contributed by atoms with Gasteiger partial charge in [0.15, 0.2) is 0 Å². The molecule has 3 amide bonds. The molecule has 6 nitrogen and oxygen atoms in total. The van der Waals surface area contributed by atoms with E-state index in [1.165, 1.54) is 4.90 Å². The molecule has 1 N–H and O–H groups in total. The molecule has 2 aromatic rings. The van der Waals surface area contributed by atoms with E-state index in [-0.39, 0.29) is 18.5 Å². The van der Waals surface area contributed by atoms with Gasteiger partial charge in [-0.3, -0.25) is 9.69 Å². The van der Waals surface area contributed by atoms with Crippen LogP contribution in [0.3, 0.4) is 0 Å². The van der Waals surface area contributed by atoms with Crippen molar-refractivity contribution in [2.24, 2.45) is 0 Å². The summed E-state index contributed by atoms with van der Waals surface area (Å²) in [4.78, 5) is 29.6. The summed E-state index contributed by atoms with van der Waals surface area (Å²) in [5.41, 5.74) is 1.38. The van der Waals surface area contributed by atoms with Crippen LogP contribution in [0.15, 0.2) is 24.5 Å². The SMILES string of the molecule is CCC[C@H]1NC(=O)N(Cc2cn3cc(Cl)ccc3n2)C1=O. The molecule has 7 heteroatoms. The fraction of sp³-hybridized carbons (Fsp3) is 0.357. The Morgan fingerprint density at radius 3 is 2.90 bits per heavy atom. The van der Waals surface area contributed by atoms with Crippen molar-refractivity contribution in [2.45, 2.75) is 32.4 Å². The Morgan fingerprint density at radius 1 is 1.33 bits per heavy atom. The Labute approximate surface area is 126 Å². The van der Waals surface area contributed by atoms with Crippen LogP contribution in [0.1, 0.15) is 25.5 Å². The van der Waals surface area contributed by atoms with Gasteiger partial charge in [-0.05, 0) is 18.6 Å². The molecule has 0 radical (unpaired) electrons. The van der Waals surface area contributed by atoms with Crippen LogP contribution in [0, 0.1) is 0 Å². The number of aromatic nitrogens is 2. The first-order valence-corrected chi connectivity index (χ1v) is 7.21. The number of nitrogens with one attached hydrogen (secondary N) is 1. The minimum atomic E-state index is -0.408. The van der Waals surface area contributed by atoms with Crippen LogP contribution in [-0.2, 0) is 11.3 Å². The zero-order chi connectivity index (χ0) is 15.0. The highest BCUT2D eigenvalue weighted by Crippen LogP contribution is 2.16. The molecule has 0 aliphatic carbocycles. The number of imidazole rings is 1. The predicted molar refractivity (Wildman–Crippen MR) is 78.0 cm³/mol. The molecule has 0 bridgehead atoms. The molecule has 1 atom stereocenters. The molecule has 2 aromatic heterocycles. The van der Waals surface area contributed by atoms with Crippen LogP contribution < -0.4 is 5.32 Å². The van der Waals surface area contributed by atoms with E-state index in [4.69, 9.17) is 11.6 Å². The van der Waals surface area contributed by atoms with Crippen molar-refractivity contribution >= 4 is 29.2 Å². The van der Waals surface area contributed by atoms with Crippen molar-refractivity contribution in [3.63, 3.8) is 0 Å². The zero-order valence-corrected chi connectivity index (χ0v) is 12.3. The highest BCUT2D eigenvalue weighted by Gasteiger charge is 2.37. The number of halogens is 1. The lowest BCUT2D eigenvalue weighted by atomic mass is 10.2. The lowest BCUT2D eigenvalue weighted by Crippen LogP contribution is -2.31. The Morgan fingerprint density at radius 2 is 2.14 bits per heavy atom. The number of rotatable bonds is 4. The van der Waals surface area contributed by atoms with Gasteiger partial charge in [-0.25, -0.2) is 9.78 Å². The summed E-state index contributed by atoms with van der Waals surface area (Å²) in [5.74, 6) is -0.183. The lowest BCUT2D eigenvalue weighted by Gasteiger charge is -2.10. The van der Waals surface area contributed by atoms with E-state index in [1.54, 1.807) is 28.9 Å². The molecule has 0 spiro atoms. The van der Waals surface area contributed by atoms with Crippen LogP contribution in [0.2, 0.25) is 5.02 Å². The third-order valence-corrected chi connectivity index (χ3v) is 3.69. The standard InChI is InChI=1S/C14H15ClN4O2/c1-2-3-11-13(20)19(14(21)17-11)8-10-7-18-6-9(15)4-5-12(18)16-10/h4-7,11H,2-3,8H2,1H3,(H,17,21)/t11-/m1/s1. The minimum absolute atomic E-state index is 0.171. The number of pyridine rings is 1. The summed E-state index contributed by atoms with van der Waals surface area (Å²) >= 11 is 5.92. The predicted octanol–water partition coefficient (Wildman–Crippen LogP) is 2.21. The van der Waals surface area contributed by atoms with Crippen LogP contribution in [0.25, 0.3) is 5.65 Å². The maximum atomic E-state index is 12.2. The molecule has 1 saturated heterocycles. The molecule has 0 unspecified atom stereocenters. The monoisotopic (exact) mass is 306 g/mol. The van der Waals surface area contributed by atoms with E-state index in [0.717, 1.165) is 12.1 Å². The van der Waals surface area contributed by atoms with Crippen molar-refractivity contribution in [1.82, 2.24) is 19.6 Å². The van der Waals surface area contributed by atoms with Crippen LogP contribution in [0.5, 0.6) is 0 Å². The fourth-order valence-corrected chi connectivity index (χ4v) is 2.63. The second-order valence-corrected chi connectivity index (χ2v) is 5.50. The molecule has 3 rings (SSSR count). The second kappa shape index (κ2) is 5.37. The molecular weight excluding hydrogens is 292 g/mol. The van der Waals surface area contributed by atoms with Gasteiger partial charge in [0, 0.05) is 12.4 Å². The van der Waals surface area contributed by atoms with Crippen molar-refractivity contribution in [3.05, 3.63) is 35.2 Å². The number of carbonyl (C=O) groups is 2. The number of hydrogen-bond acceptors (Lipinski definition) is 3. The quantitative estimate of drug-likeness (QED) is 0.881. The summed E-state index contributed by atoms with van der Waals surface area (Å²) in [6.45, 7) is 2.15. The molecule has 21 heavy (non-hydrogen) atoms. The van der Waals surface area contributed by atoms with Gasteiger partial charge in [0.25, 0.3) is 5.91 Å². The zero-order valence-electron chi connectivity index (χ0n) is 11.5. The topological polar surface area (TPSA) is 66.7 Å². The first kappa shape index (κ1) is 13.9. The Kier molecular flexibility index (Phi) is 3.55. The Hall–Kier alpha value is -2.08. The molecule has 0 aromatic carbocycles. The van der Waals surface area contributed by atoms with Gasteiger partial charge in [-0.1, -0.05) is 24.9 Å². The van der Waals surface area contributed by atoms with Gasteiger partial charge in [0.2, 0.25) is 0 Å². The lowest BCUT2D eigenvalue weighted by molar-refractivity contribution is -0.128. The normalized spacial score (nSPS) is 18.6. The van der Waals surface area contributed by atoms with Crippen molar-refractivity contribution in [1.29, 1.82) is 0 Å². The summed E-state index contributed by atoms with van der Waals surface area (Å²) in [6, 6.07) is 2.78. The Bertz CT molecular complexity index is 712. The average Bonchev–Trinajstić information content (AvgIpc) is 2.95. The maximum Gasteiger partial charge on any atom is 0.325 e. The van der Waals surface area contributed by atoms with Crippen LogP contribution in [0.4, 0.5) is 4.79 Å². The van der Waals surface area contributed by atoms with E-state index in [0.29, 0.717) is 17.1 Å². The first-order chi connectivity index (χ1) is 10.1. The average molecular weight is 307 g/mol. The van der Waals surface area contributed by atoms with Gasteiger partial charge in [0.05, 0.1) is 17.3 Å². The second-order valence-electron chi connectivity index (χ2n) is 5.06. The maximum absolute atomic E-state index is 12.2. The van der Waals surface area contributed by atoms with E-state index >= 15 is 0 Å². The van der Waals surface area contributed by atoms with Gasteiger partial charge in [-0.15, -0.1) is 0 Å². The molecular formula is C14H15ClN4O2. The summed E-state index contributed by atoms with van der Waals surface area (Å²) in [6.07, 6.45) is 5.01. The molecule has 1 fully saturated rings. The van der Waals surface area contributed by atoms with Gasteiger partial charge in [-0.2, -0.15) is 0 Å². The molecule has 3 heterocycles. The van der Waals surface area contributed by atoms with Gasteiger partial charge in [0.1, 0.15) is 11.7 Å². The number of imide groups is 1. The largest absolute Gasteiger partial charge is 0.326 e. The molecule has 110 valence electrons. The fourth-order valence-electron chi connectivity index (χ4n) is 2.47. The van der Waals surface area contributed by atoms with E-state index < -0.39 is 6.04 Å². The van der Waals surface area contributed by atoms with Crippen molar-refractivity contribution in [2.75, 3.05) is 0 Å². The van der Waals surface area contributed by atoms with E-state index in [2.05, 4.69) is 10.3 Å². The molecule has 1 aliphatic rings. The number of fused-ring (bicyclic) bond motifs is 1. The van der Waals surface area contributed by atoms with Gasteiger partial charge >= 0.3 is 6.03 Å². The minimum Gasteiger partial charge on any atom is -0.326 e. The summed E-state index contributed by atoms with van der Waals surface area (Å²) in [5, 5.41) is 3.30. The molecule has 0 saturated carbocycles. The van der Waals surface area contributed by atoms with E-state index in [9.17, 15) is 9.59 Å². The van der Waals surface area contributed by atoms with Crippen LogP contribution >= 0.6 is 11.6 Å². The number of urea groups is 1. The van der Waals surface area contributed by atoms with Crippen LogP contribution in [-0.4, -0.2) is 32.3 Å². The number of nitrogens with zero attached hydrogens (tertiary/aromatic N) is 3. The highest BCUT2D eigenvalue weighted by molar-refractivity contribution is 6.30. The molecule has 1 aliphatic heterocycles. The summed E-state index contributed by atoms with van der Waals surface area (Å²) in [7, 11) is 0.